The van der Waals surface area contributed by atoms with E-state index in [1.54, 1.807) is 0 Å². The molecule has 0 spiro atoms. The molecule has 0 saturated carbocycles. The fourth-order valence-corrected chi connectivity index (χ4v) is 0.787. The van der Waals surface area contributed by atoms with E-state index in [2.05, 4.69) is 11.1 Å². The predicted octanol–water partition coefficient (Wildman–Crippen LogP) is 2.06. The van der Waals surface area contributed by atoms with Crippen LogP contribution in [0.2, 0.25) is 0 Å². The molecular weight excluding hydrogens is 110 g/mol. The molecule has 0 bridgehead atoms. The number of hydrogen-bond acceptors (Lipinski definition) is 0. The first-order chi connectivity index (χ1) is 4.29. The molecule has 1 heteroatoms. The van der Waals surface area contributed by atoms with Gasteiger partial charge >= 0.3 is 0 Å². The van der Waals surface area contributed by atoms with Crippen molar-refractivity contribution in [2.75, 3.05) is 0 Å². The Balaban J connectivity index is 2.58. The highest BCUT2D eigenvalue weighted by molar-refractivity contribution is 4.96. The van der Waals surface area contributed by atoms with Gasteiger partial charge in [-0.2, -0.15) is 0 Å². The smallest absolute Gasteiger partial charge is 0.0424 e. The summed E-state index contributed by atoms with van der Waals surface area (Å²) < 4.78 is 2.10. The summed E-state index contributed by atoms with van der Waals surface area (Å²) in [6.45, 7) is 6.77. The lowest BCUT2D eigenvalue weighted by atomic mass is 10.3. The van der Waals surface area contributed by atoms with E-state index in [0.717, 1.165) is 6.54 Å². The van der Waals surface area contributed by atoms with Crippen LogP contribution in [-0.2, 0) is 6.54 Å². The molecule has 0 N–H and O–H groups in total. The van der Waals surface area contributed by atoms with Crippen LogP contribution >= 0.6 is 0 Å². The quantitative estimate of drug-likeness (QED) is 0.528. The average Bonchev–Trinajstić information content (AvgIpc) is 2.15. The largest absolute Gasteiger partial charge is 0.350 e. The summed E-state index contributed by atoms with van der Waals surface area (Å²) in [6.07, 6.45) is 4.07. The number of rotatable bonds is 2. The van der Waals surface area contributed by atoms with E-state index in [-0.39, 0.29) is 0 Å². The lowest BCUT2D eigenvalue weighted by Crippen LogP contribution is -1.92. The van der Waals surface area contributed by atoms with Crippen LogP contribution in [-0.4, -0.2) is 4.57 Å². The Labute approximate surface area is 55.6 Å². The normalized spacial score (nSPS) is 9.44. The molecule has 0 unspecified atom stereocenters. The van der Waals surface area contributed by atoms with Crippen molar-refractivity contribution < 1.29 is 0 Å². The standard InChI is InChI=1S/C8H11N/c1-8(2)7-9-5-3-4-6-9/h3-6H,1,7H2,2H3. The summed E-state index contributed by atoms with van der Waals surface area (Å²) in [5, 5.41) is 0. The third-order valence-electron chi connectivity index (χ3n) is 1.12. The SMILES string of the molecule is C=C(C)Cn1cccc1. The van der Waals surface area contributed by atoms with Gasteiger partial charge in [0.1, 0.15) is 0 Å². The van der Waals surface area contributed by atoms with Crippen molar-refractivity contribution in [1.82, 2.24) is 4.57 Å². The molecular formula is C8H11N. The van der Waals surface area contributed by atoms with Crippen molar-refractivity contribution in [3.63, 3.8) is 0 Å². The second kappa shape index (κ2) is 2.53. The fourth-order valence-electron chi connectivity index (χ4n) is 0.787. The van der Waals surface area contributed by atoms with Gasteiger partial charge in [-0.05, 0) is 19.1 Å². The van der Waals surface area contributed by atoms with Crippen molar-refractivity contribution in [2.45, 2.75) is 13.5 Å². The topological polar surface area (TPSA) is 4.93 Å². The number of aromatic nitrogens is 1. The van der Waals surface area contributed by atoms with Crippen LogP contribution in [0.25, 0.3) is 0 Å². The van der Waals surface area contributed by atoms with Crippen molar-refractivity contribution in [3.05, 3.63) is 36.7 Å². The summed E-state index contributed by atoms with van der Waals surface area (Å²) in [6, 6.07) is 4.03. The summed E-state index contributed by atoms with van der Waals surface area (Å²) in [5.74, 6) is 0. The van der Waals surface area contributed by atoms with E-state index in [1.807, 2.05) is 31.5 Å². The Bertz CT molecular complexity index is 184. The van der Waals surface area contributed by atoms with Gasteiger partial charge in [0.15, 0.2) is 0 Å². The second-order valence-corrected chi connectivity index (χ2v) is 2.31. The predicted molar refractivity (Wildman–Crippen MR) is 39.2 cm³/mol. The Kier molecular flexibility index (Phi) is 1.73. The van der Waals surface area contributed by atoms with Gasteiger partial charge < -0.3 is 4.57 Å². The zero-order chi connectivity index (χ0) is 6.69. The van der Waals surface area contributed by atoms with Crippen molar-refractivity contribution in [1.29, 1.82) is 0 Å². The lowest BCUT2D eigenvalue weighted by molar-refractivity contribution is 0.793. The first kappa shape index (κ1) is 6.14. The van der Waals surface area contributed by atoms with E-state index < -0.39 is 0 Å². The maximum atomic E-state index is 3.81. The van der Waals surface area contributed by atoms with Gasteiger partial charge in [0.2, 0.25) is 0 Å². The molecule has 9 heavy (non-hydrogen) atoms. The van der Waals surface area contributed by atoms with Gasteiger partial charge in [-0.15, -0.1) is 0 Å². The van der Waals surface area contributed by atoms with Crippen LogP contribution in [0.3, 0.4) is 0 Å². The maximum absolute atomic E-state index is 3.81. The highest BCUT2D eigenvalue weighted by Crippen LogP contribution is 1.95. The maximum Gasteiger partial charge on any atom is 0.0424 e. The number of nitrogens with zero attached hydrogens (tertiary/aromatic N) is 1. The molecule has 0 aromatic carbocycles. The molecule has 1 heterocycles. The van der Waals surface area contributed by atoms with Gasteiger partial charge in [0.05, 0.1) is 0 Å². The van der Waals surface area contributed by atoms with E-state index in [9.17, 15) is 0 Å². The van der Waals surface area contributed by atoms with Gasteiger partial charge in [-0.25, -0.2) is 0 Å². The van der Waals surface area contributed by atoms with Crippen LogP contribution in [0.15, 0.2) is 36.7 Å². The van der Waals surface area contributed by atoms with Gasteiger partial charge in [-0.1, -0.05) is 12.2 Å². The molecule has 0 aliphatic heterocycles. The minimum atomic E-state index is 0.938. The van der Waals surface area contributed by atoms with Gasteiger partial charge in [0, 0.05) is 18.9 Å². The Hall–Kier alpha value is -0.980. The van der Waals surface area contributed by atoms with Crippen LogP contribution in [0, 0.1) is 0 Å². The van der Waals surface area contributed by atoms with Crippen molar-refractivity contribution >= 4 is 0 Å². The molecule has 0 aliphatic rings. The van der Waals surface area contributed by atoms with Crippen LogP contribution in [0.1, 0.15) is 6.92 Å². The van der Waals surface area contributed by atoms with Crippen LogP contribution in [0.4, 0.5) is 0 Å². The molecule has 0 atom stereocenters. The lowest BCUT2D eigenvalue weighted by Gasteiger charge is -1.98. The first-order valence-corrected chi connectivity index (χ1v) is 3.04. The molecule has 1 aromatic heterocycles. The molecule has 1 aromatic rings. The van der Waals surface area contributed by atoms with E-state index >= 15 is 0 Å². The van der Waals surface area contributed by atoms with Crippen molar-refractivity contribution in [3.8, 4) is 0 Å². The van der Waals surface area contributed by atoms with E-state index in [0.29, 0.717) is 0 Å². The Morgan fingerprint density at radius 1 is 1.44 bits per heavy atom. The molecule has 0 aliphatic carbocycles. The third kappa shape index (κ3) is 1.76. The van der Waals surface area contributed by atoms with E-state index in [4.69, 9.17) is 0 Å². The fraction of sp³-hybridized carbons (Fsp3) is 0.250. The van der Waals surface area contributed by atoms with Crippen LogP contribution in [0.5, 0.6) is 0 Å². The summed E-state index contributed by atoms with van der Waals surface area (Å²) in [5.41, 5.74) is 1.19. The second-order valence-electron chi connectivity index (χ2n) is 2.31. The summed E-state index contributed by atoms with van der Waals surface area (Å²) >= 11 is 0. The zero-order valence-electron chi connectivity index (χ0n) is 5.67. The number of allylic oxidation sites excluding steroid dienone is 1. The minimum absolute atomic E-state index is 0.938. The van der Waals surface area contributed by atoms with E-state index in [1.165, 1.54) is 5.57 Å². The third-order valence-corrected chi connectivity index (χ3v) is 1.12. The highest BCUT2D eigenvalue weighted by Gasteiger charge is 1.85. The van der Waals surface area contributed by atoms with Crippen LogP contribution < -0.4 is 0 Å². The van der Waals surface area contributed by atoms with Gasteiger partial charge in [0.25, 0.3) is 0 Å². The molecule has 0 saturated heterocycles. The molecule has 0 radical (unpaired) electrons. The summed E-state index contributed by atoms with van der Waals surface area (Å²) in [7, 11) is 0. The highest BCUT2D eigenvalue weighted by atomic mass is 14.9. The monoisotopic (exact) mass is 121 g/mol. The molecule has 1 rings (SSSR count). The first-order valence-electron chi connectivity index (χ1n) is 3.04. The average molecular weight is 121 g/mol. The Morgan fingerprint density at radius 3 is 2.44 bits per heavy atom. The van der Waals surface area contributed by atoms with Crippen molar-refractivity contribution in [2.24, 2.45) is 0 Å². The zero-order valence-corrected chi connectivity index (χ0v) is 5.67. The Morgan fingerprint density at radius 2 is 2.00 bits per heavy atom. The minimum Gasteiger partial charge on any atom is -0.350 e. The van der Waals surface area contributed by atoms with Gasteiger partial charge in [-0.3, -0.25) is 0 Å². The molecule has 0 amide bonds. The summed E-state index contributed by atoms with van der Waals surface area (Å²) in [4.78, 5) is 0. The molecule has 1 nitrogen and oxygen atoms in total. The molecule has 0 fully saturated rings. The number of hydrogen-bond donors (Lipinski definition) is 0. The molecule has 48 valence electrons.